The molecule has 0 fully saturated rings. The largest absolute Gasteiger partial charge is 0.313 e. The first kappa shape index (κ1) is 15.2. The summed E-state index contributed by atoms with van der Waals surface area (Å²) in [6.07, 6.45) is 3.71. The van der Waals surface area contributed by atoms with Gasteiger partial charge in [0.25, 0.3) is 0 Å². The first-order chi connectivity index (χ1) is 8.60. The Morgan fingerprint density at radius 1 is 1.11 bits per heavy atom. The van der Waals surface area contributed by atoms with Crippen molar-refractivity contribution in [2.45, 2.75) is 65.8 Å². The second-order valence-electron chi connectivity index (χ2n) is 5.50. The van der Waals surface area contributed by atoms with E-state index in [1.165, 1.54) is 36.0 Å². The van der Waals surface area contributed by atoms with Crippen molar-refractivity contribution in [3.8, 4) is 0 Å². The van der Waals surface area contributed by atoms with Gasteiger partial charge in [-0.1, -0.05) is 51.0 Å². The van der Waals surface area contributed by atoms with E-state index in [-0.39, 0.29) is 0 Å². The molecule has 1 rings (SSSR count). The van der Waals surface area contributed by atoms with Crippen molar-refractivity contribution in [1.82, 2.24) is 5.32 Å². The van der Waals surface area contributed by atoms with Crippen LogP contribution < -0.4 is 5.32 Å². The number of rotatable bonds is 7. The second kappa shape index (κ2) is 7.58. The molecule has 0 amide bonds. The summed E-state index contributed by atoms with van der Waals surface area (Å²) in [5.41, 5.74) is 4.30. The van der Waals surface area contributed by atoms with E-state index in [2.05, 4.69) is 58.1 Å². The van der Waals surface area contributed by atoms with Gasteiger partial charge in [-0.3, -0.25) is 0 Å². The molecule has 0 radical (unpaired) electrons. The Balaban J connectivity index is 2.86. The van der Waals surface area contributed by atoms with Crippen LogP contribution in [0.25, 0.3) is 0 Å². The summed E-state index contributed by atoms with van der Waals surface area (Å²) in [5.74, 6) is 0.594. The fraction of sp³-hybridized carbons (Fsp3) is 0.647. The highest BCUT2D eigenvalue weighted by Gasteiger charge is 2.18. The quantitative estimate of drug-likeness (QED) is 0.744. The van der Waals surface area contributed by atoms with Crippen LogP contribution in [0.4, 0.5) is 0 Å². The van der Waals surface area contributed by atoms with Crippen LogP contribution in [0.3, 0.4) is 0 Å². The smallest absolute Gasteiger partial charge is 0.0133 e. The molecule has 1 aromatic rings. The molecule has 0 spiro atoms. The van der Waals surface area contributed by atoms with Gasteiger partial charge in [0.1, 0.15) is 0 Å². The molecule has 0 saturated carbocycles. The highest BCUT2D eigenvalue weighted by atomic mass is 14.9. The third kappa shape index (κ3) is 4.13. The summed E-state index contributed by atoms with van der Waals surface area (Å²) in [6, 6.07) is 7.43. The Labute approximate surface area is 113 Å². The Morgan fingerprint density at radius 2 is 1.83 bits per heavy atom. The maximum absolute atomic E-state index is 3.72. The molecule has 1 nitrogen and oxygen atoms in total. The summed E-state index contributed by atoms with van der Waals surface area (Å²) in [6.45, 7) is 12.4. The standard InChI is InChI=1S/C17H29N/c1-6-8-17(18-11-7-2)15(5)16-12-13(3)9-10-14(16)4/h9-10,12,15,17-18H,6-8,11H2,1-5H3. The minimum Gasteiger partial charge on any atom is -0.313 e. The molecular formula is C17H29N. The van der Waals surface area contributed by atoms with Crippen LogP contribution in [0.2, 0.25) is 0 Å². The van der Waals surface area contributed by atoms with Crippen LogP contribution >= 0.6 is 0 Å². The first-order valence-electron chi connectivity index (χ1n) is 7.40. The van der Waals surface area contributed by atoms with Gasteiger partial charge in [-0.25, -0.2) is 0 Å². The molecule has 18 heavy (non-hydrogen) atoms. The van der Waals surface area contributed by atoms with Gasteiger partial charge in [-0.15, -0.1) is 0 Å². The molecule has 1 N–H and O–H groups in total. The normalized spacial score (nSPS) is 14.5. The molecule has 0 aliphatic rings. The van der Waals surface area contributed by atoms with E-state index in [1.807, 2.05) is 0 Å². The number of nitrogens with one attached hydrogen (secondary N) is 1. The van der Waals surface area contributed by atoms with Gasteiger partial charge in [0, 0.05) is 6.04 Å². The van der Waals surface area contributed by atoms with Crippen LogP contribution in [0.15, 0.2) is 18.2 Å². The van der Waals surface area contributed by atoms with Gasteiger partial charge >= 0.3 is 0 Å². The maximum Gasteiger partial charge on any atom is 0.0133 e. The van der Waals surface area contributed by atoms with Crippen molar-refractivity contribution in [2.24, 2.45) is 0 Å². The minimum absolute atomic E-state index is 0.594. The zero-order valence-electron chi connectivity index (χ0n) is 12.7. The van der Waals surface area contributed by atoms with Gasteiger partial charge in [0.2, 0.25) is 0 Å². The summed E-state index contributed by atoms with van der Waals surface area (Å²) in [5, 5.41) is 3.72. The third-order valence-electron chi connectivity index (χ3n) is 3.79. The van der Waals surface area contributed by atoms with Crippen LogP contribution in [0, 0.1) is 13.8 Å². The topological polar surface area (TPSA) is 12.0 Å². The lowest BCUT2D eigenvalue weighted by Gasteiger charge is -2.27. The van der Waals surface area contributed by atoms with Crippen molar-refractivity contribution in [3.63, 3.8) is 0 Å². The van der Waals surface area contributed by atoms with Gasteiger partial charge in [-0.2, -0.15) is 0 Å². The monoisotopic (exact) mass is 247 g/mol. The zero-order chi connectivity index (χ0) is 13.5. The summed E-state index contributed by atoms with van der Waals surface area (Å²) >= 11 is 0. The Morgan fingerprint density at radius 3 is 2.44 bits per heavy atom. The number of benzene rings is 1. The highest BCUT2D eigenvalue weighted by molar-refractivity contribution is 5.33. The Hall–Kier alpha value is -0.820. The van der Waals surface area contributed by atoms with Crippen molar-refractivity contribution >= 4 is 0 Å². The molecule has 2 unspecified atom stereocenters. The molecule has 0 aliphatic carbocycles. The van der Waals surface area contributed by atoms with E-state index in [4.69, 9.17) is 0 Å². The molecule has 0 saturated heterocycles. The fourth-order valence-corrected chi connectivity index (χ4v) is 2.64. The summed E-state index contributed by atoms with van der Waals surface area (Å²) in [7, 11) is 0. The molecule has 0 aliphatic heterocycles. The Kier molecular flexibility index (Phi) is 6.42. The van der Waals surface area contributed by atoms with Gasteiger partial charge in [0.15, 0.2) is 0 Å². The van der Waals surface area contributed by atoms with Gasteiger partial charge in [-0.05, 0) is 50.3 Å². The SMILES string of the molecule is CCCNC(CCC)C(C)c1cc(C)ccc1C. The van der Waals surface area contributed by atoms with E-state index >= 15 is 0 Å². The van der Waals surface area contributed by atoms with E-state index < -0.39 is 0 Å². The average Bonchev–Trinajstić information content (AvgIpc) is 2.36. The van der Waals surface area contributed by atoms with E-state index in [0.717, 1.165) is 6.54 Å². The van der Waals surface area contributed by atoms with Crippen molar-refractivity contribution in [2.75, 3.05) is 6.54 Å². The number of hydrogen-bond donors (Lipinski definition) is 1. The van der Waals surface area contributed by atoms with Crippen LogP contribution in [0.1, 0.15) is 62.6 Å². The maximum atomic E-state index is 3.72. The summed E-state index contributed by atoms with van der Waals surface area (Å²) in [4.78, 5) is 0. The van der Waals surface area contributed by atoms with Crippen molar-refractivity contribution < 1.29 is 0 Å². The molecule has 0 bridgehead atoms. The minimum atomic E-state index is 0.594. The van der Waals surface area contributed by atoms with Gasteiger partial charge < -0.3 is 5.32 Å². The fourth-order valence-electron chi connectivity index (χ4n) is 2.64. The van der Waals surface area contributed by atoms with E-state index in [9.17, 15) is 0 Å². The second-order valence-corrected chi connectivity index (χ2v) is 5.50. The third-order valence-corrected chi connectivity index (χ3v) is 3.79. The van der Waals surface area contributed by atoms with Crippen molar-refractivity contribution in [3.05, 3.63) is 34.9 Å². The van der Waals surface area contributed by atoms with E-state index in [0.29, 0.717) is 12.0 Å². The predicted molar refractivity (Wildman–Crippen MR) is 81.3 cm³/mol. The van der Waals surface area contributed by atoms with E-state index in [1.54, 1.807) is 0 Å². The first-order valence-corrected chi connectivity index (χ1v) is 7.40. The molecule has 0 heterocycles. The lowest BCUT2D eigenvalue weighted by atomic mass is 9.87. The number of aryl methyl sites for hydroxylation is 2. The lowest BCUT2D eigenvalue weighted by molar-refractivity contribution is 0.420. The number of hydrogen-bond acceptors (Lipinski definition) is 1. The predicted octanol–water partition coefficient (Wildman–Crippen LogP) is 4.58. The molecule has 0 aromatic heterocycles. The van der Waals surface area contributed by atoms with Crippen LogP contribution in [-0.4, -0.2) is 12.6 Å². The van der Waals surface area contributed by atoms with Gasteiger partial charge in [0.05, 0.1) is 0 Å². The van der Waals surface area contributed by atoms with Crippen LogP contribution in [0.5, 0.6) is 0 Å². The molecule has 102 valence electrons. The molecule has 1 aromatic carbocycles. The molecule has 1 heteroatoms. The zero-order valence-corrected chi connectivity index (χ0v) is 12.7. The van der Waals surface area contributed by atoms with Crippen molar-refractivity contribution in [1.29, 1.82) is 0 Å². The highest BCUT2D eigenvalue weighted by Crippen LogP contribution is 2.26. The average molecular weight is 247 g/mol. The molecular weight excluding hydrogens is 218 g/mol. The summed E-state index contributed by atoms with van der Waals surface area (Å²) < 4.78 is 0. The lowest BCUT2D eigenvalue weighted by Crippen LogP contribution is -2.34. The Bertz CT molecular complexity index is 357. The molecule has 2 atom stereocenters. The van der Waals surface area contributed by atoms with Crippen LogP contribution in [-0.2, 0) is 0 Å².